The highest BCUT2D eigenvalue weighted by Crippen LogP contribution is 2.36. The number of hydrogen-bond donors (Lipinski definition) is 1. The number of rotatable bonds is 4. The largest absolute Gasteiger partial charge is 0.497 e. The van der Waals surface area contributed by atoms with Crippen LogP contribution in [0.15, 0.2) is 35.0 Å². The molecule has 0 saturated carbocycles. The zero-order valence-corrected chi connectivity index (χ0v) is 15.9. The lowest BCUT2D eigenvalue weighted by molar-refractivity contribution is 0.0730. The predicted octanol–water partition coefficient (Wildman–Crippen LogP) is 4.28. The molecule has 1 amide bonds. The van der Waals surface area contributed by atoms with Gasteiger partial charge in [0.25, 0.3) is 0 Å². The molecule has 26 heavy (non-hydrogen) atoms. The molecule has 138 valence electrons. The molecule has 2 atom stereocenters. The lowest BCUT2D eigenvalue weighted by Crippen LogP contribution is -2.43. The molecule has 2 bridgehead atoms. The quantitative estimate of drug-likeness (QED) is 0.870. The van der Waals surface area contributed by atoms with Gasteiger partial charge in [0, 0.05) is 30.8 Å². The van der Waals surface area contributed by atoms with Gasteiger partial charge in [-0.25, -0.2) is 4.79 Å². The highest BCUT2D eigenvalue weighted by molar-refractivity contribution is 7.08. The van der Waals surface area contributed by atoms with Crippen LogP contribution in [-0.2, 0) is 4.74 Å². The van der Waals surface area contributed by atoms with Crippen molar-refractivity contribution < 1.29 is 14.3 Å². The van der Waals surface area contributed by atoms with E-state index in [1.165, 1.54) is 12.8 Å². The van der Waals surface area contributed by atoms with Crippen LogP contribution in [0.1, 0.15) is 25.7 Å². The molecule has 2 unspecified atom stereocenters. The van der Waals surface area contributed by atoms with Gasteiger partial charge in [-0.05, 0) is 60.2 Å². The van der Waals surface area contributed by atoms with Crippen molar-refractivity contribution in [2.45, 2.75) is 43.9 Å². The van der Waals surface area contributed by atoms with E-state index in [1.807, 2.05) is 23.6 Å². The molecule has 1 aromatic carbocycles. The fourth-order valence-corrected chi connectivity index (χ4v) is 4.65. The van der Waals surface area contributed by atoms with Crippen molar-refractivity contribution in [2.75, 3.05) is 19.1 Å². The minimum Gasteiger partial charge on any atom is -0.497 e. The summed E-state index contributed by atoms with van der Waals surface area (Å²) >= 11 is 1.64. The number of benzene rings is 1. The molecule has 6 heteroatoms. The molecule has 0 radical (unpaired) electrons. The molecule has 1 aromatic heterocycles. The highest BCUT2D eigenvalue weighted by Gasteiger charge is 2.35. The van der Waals surface area contributed by atoms with E-state index in [4.69, 9.17) is 9.47 Å². The summed E-state index contributed by atoms with van der Waals surface area (Å²) in [6.45, 7) is 0. The van der Waals surface area contributed by atoms with Gasteiger partial charge in [-0.1, -0.05) is 0 Å². The van der Waals surface area contributed by atoms with E-state index in [1.54, 1.807) is 30.4 Å². The second-order valence-corrected chi connectivity index (χ2v) is 7.85. The first-order valence-corrected chi connectivity index (χ1v) is 9.99. The lowest BCUT2D eigenvalue weighted by Gasteiger charge is -2.30. The fraction of sp³-hybridized carbons (Fsp3) is 0.450. The Hall–Kier alpha value is -2.05. The Morgan fingerprint density at radius 2 is 2.00 bits per heavy atom. The van der Waals surface area contributed by atoms with Crippen molar-refractivity contribution in [3.8, 4) is 16.9 Å². The molecule has 5 nitrogen and oxygen atoms in total. The molecule has 2 aliphatic rings. The van der Waals surface area contributed by atoms with E-state index in [2.05, 4.69) is 16.8 Å². The maximum atomic E-state index is 12.8. The molecule has 0 spiro atoms. The van der Waals surface area contributed by atoms with Crippen LogP contribution in [0.5, 0.6) is 5.75 Å². The molecule has 2 fully saturated rings. The number of thiophene rings is 1. The molecular formula is C20H24N2O3S. The van der Waals surface area contributed by atoms with Crippen LogP contribution >= 0.6 is 11.3 Å². The zero-order valence-electron chi connectivity index (χ0n) is 15.1. The maximum absolute atomic E-state index is 12.8. The third-order valence-electron chi connectivity index (χ3n) is 5.37. The fourth-order valence-electron chi connectivity index (χ4n) is 4.00. The molecular weight excluding hydrogens is 348 g/mol. The molecule has 4 rings (SSSR count). The Morgan fingerprint density at radius 1 is 1.23 bits per heavy atom. The Bertz CT molecular complexity index is 765. The minimum absolute atomic E-state index is 0.00101. The normalized spacial score (nSPS) is 24.3. The van der Waals surface area contributed by atoms with E-state index in [0.29, 0.717) is 12.1 Å². The number of fused-ring (bicyclic) bond motifs is 2. The summed E-state index contributed by atoms with van der Waals surface area (Å²) in [5.41, 5.74) is 2.88. The van der Waals surface area contributed by atoms with Crippen molar-refractivity contribution >= 4 is 23.1 Å². The van der Waals surface area contributed by atoms with Gasteiger partial charge in [0.15, 0.2) is 0 Å². The van der Waals surface area contributed by atoms with Crippen LogP contribution in [-0.4, -0.2) is 38.4 Å². The molecule has 2 saturated heterocycles. The molecule has 3 heterocycles. The maximum Gasteiger partial charge on any atom is 0.414 e. The number of amides is 1. The molecule has 0 aliphatic carbocycles. The number of anilines is 1. The summed E-state index contributed by atoms with van der Waals surface area (Å²) in [6.07, 6.45) is 3.89. The average Bonchev–Trinajstić information content (AvgIpc) is 3.30. The zero-order chi connectivity index (χ0) is 18.1. The monoisotopic (exact) mass is 372 g/mol. The number of hydrogen-bond acceptors (Lipinski definition) is 5. The summed E-state index contributed by atoms with van der Waals surface area (Å²) in [4.78, 5) is 14.4. The van der Waals surface area contributed by atoms with Crippen molar-refractivity contribution in [2.24, 2.45) is 0 Å². The van der Waals surface area contributed by atoms with Crippen molar-refractivity contribution in [1.82, 2.24) is 5.32 Å². The first-order chi connectivity index (χ1) is 12.6. The van der Waals surface area contributed by atoms with Gasteiger partial charge < -0.3 is 14.8 Å². The molecule has 1 N–H and O–H groups in total. The van der Waals surface area contributed by atoms with Crippen LogP contribution in [0.25, 0.3) is 11.1 Å². The topological polar surface area (TPSA) is 50.8 Å². The van der Waals surface area contributed by atoms with Gasteiger partial charge in [-0.3, -0.25) is 4.90 Å². The number of carbonyl (C=O) groups excluding carboxylic acids is 1. The Morgan fingerprint density at radius 3 is 2.65 bits per heavy atom. The predicted molar refractivity (Wildman–Crippen MR) is 104 cm³/mol. The minimum atomic E-state index is -0.305. The molecule has 2 aliphatic heterocycles. The van der Waals surface area contributed by atoms with Crippen molar-refractivity contribution in [3.05, 3.63) is 35.0 Å². The van der Waals surface area contributed by atoms with Crippen molar-refractivity contribution in [3.63, 3.8) is 0 Å². The summed E-state index contributed by atoms with van der Waals surface area (Å²) in [5, 5.41) is 7.69. The number of nitrogens with one attached hydrogen (secondary N) is 1. The second kappa shape index (κ2) is 7.29. The third kappa shape index (κ3) is 3.44. The summed E-state index contributed by atoms with van der Waals surface area (Å²) < 4.78 is 11.2. The van der Waals surface area contributed by atoms with E-state index < -0.39 is 0 Å². The van der Waals surface area contributed by atoms with Crippen LogP contribution in [0.3, 0.4) is 0 Å². The summed E-state index contributed by atoms with van der Waals surface area (Å²) in [5.74, 6) is 0.721. The van der Waals surface area contributed by atoms with Gasteiger partial charge in [0.05, 0.1) is 12.8 Å². The SMILES string of the molecule is COc1ccc(-c2ccsc2)c(N(C)C(=O)OC2CC3CCC(C2)N3)c1. The summed E-state index contributed by atoms with van der Waals surface area (Å²) in [7, 11) is 3.40. The van der Waals surface area contributed by atoms with Gasteiger partial charge in [-0.15, -0.1) is 0 Å². The first-order valence-electron chi connectivity index (χ1n) is 9.05. The number of piperidine rings is 1. The van der Waals surface area contributed by atoms with Gasteiger partial charge >= 0.3 is 6.09 Å². The van der Waals surface area contributed by atoms with E-state index in [0.717, 1.165) is 35.4 Å². The highest BCUT2D eigenvalue weighted by atomic mass is 32.1. The van der Waals surface area contributed by atoms with E-state index >= 15 is 0 Å². The first kappa shape index (κ1) is 17.4. The Balaban J connectivity index is 1.54. The van der Waals surface area contributed by atoms with E-state index in [-0.39, 0.29) is 12.2 Å². The molecule has 2 aromatic rings. The number of ether oxygens (including phenoxy) is 2. The number of methoxy groups -OCH3 is 1. The standard InChI is InChI=1S/C20H24N2O3S/c1-22(20(23)25-17-9-14-3-4-15(10-17)21-14)19-11-16(24-2)5-6-18(19)13-7-8-26-12-13/h5-8,11-12,14-15,17,21H,3-4,9-10H2,1-2H3. The van der Waals surface area contributed by atoms with Gasteiger partial charge in [0.1, 0.15) is 11.9 Å². The van der Waals surface area contributed by atoms with Crippen molar-refractivity contribution in [1.29, 1.82) is 0 Å². The lowest BCUT2D eigenvalue weighted by atomic mass is 10.0. The van der Waals surface area contributed by atoms with Crippen LogP contribution in [0, 0.1) is 0 Å². The summed E-state index contributed by atoms with van der Waals surface area (Å²) in [6, 6.07) is 8.84. The smallest absolute Gasteiger partial charge is 0.414 e. The number of carbonyl (C=O) groups is 1. The Kier molecular flexibility index (Phi) is 4.87. The third-order valence-corrected chi connectivity index (χ3v) is 6.05. The Labute approximate surface area is 157 Å². The van der Waals surface area contributed by atoms with Crippen LogP contribution in [0.4, 0.5) is 10.5 Å². The van der Waals surface area contributed by atoms with Gasteiger partial charge in [-0.2, -0.15) is 11.3 Å². The number of nitrogens with zero attached hydrogens (tertiary/aromatic N) is 1. The van der Waals surface area contributed by atoms with Gasteiger partial charge in [0.2, 0.25) is 0 Å². The van der Waals surface area contributed by atoms with Crippen LogP contribution in [0.2, 0.25) is 0 Å². The average molecular weight is 372 g/mol. The second-order valence-electron chi connectivity index (χ2n) is 7.07. The van der Waals surface area contributed by atoms with Crippen LogP contribution < -0.4 is 15.0 Å². The van der Waals surface area contributed by atoms with E-state index in [9.17, 15) is 4.79 Å².